The van der Waals surface area contributed by atoms with Crippen molar-refractivity contribution in [2.45, 2.75) is 19.3 Å². The molecule has 0 aromatic rings. The van der Waals surface area contributed by atoms with Crippen LogP contribution < -0.4 is 5.73 Å². The van der Waals surface area contributed by atoms with Gasteiger partial charge in [-0.3, -0.25) is 0 Å². The van der Waals surface area contributed by atoms with Gasteiger partial charge in [0.05, 0.1) is 11.6 Å². The van der Waals surface area contributed by atoms with Gasteiger partial charge >= 0.3 is 0 Å². The molecule has 0 fully saturated rings. The van der Waals surface area contributed by atoms with Crippen LogP contribution >= 0.6 is 12.2 Å². The van der Waals surface area contributed by atoms with E-state index in [0.717, 1.165) is 52.1 Å². The van der Waals surface area contributed by atoms with Crippen molar-refractivity contribution in [2.75, 3.05) is 47.1 Å². The lowest BCUT2D eigenvalue weighted by molar-refractivity contribution is 0.132. The highest BCUT2D eigenvalue weighted by Crippen LogP contribution is 1.98. The number of hydrogen-bond acceptors (Lipinski definition) is 4. The van der Waals surface area contributed by atoms with Gasteiger partial charge in [0.2, 0.25) is 0 Å². The number of thiocarbonyl (C=S) groups is 1. The Morgan fingerprint density at radius 1 is 1.06 bits per heavy atom. The minimum absolute atomic E-state index is 0.601. The second kappa shape index (κ2) is 11.3. The fourth-order valence-electron chi connectivity index (χ4n) is 1.47. The quantitative estimate of drug-likeness (QED) is 0.437. The summed E-state index contributed by atoms with van der Waals surface area (Å²) in [7, 11) is 3.45. The Hall–Kier alpha value is -0.230. The molecular formula is C11H24N2O2S. The first-order valence-electron chi connectivity index (χ1n) is 5.69. The van der Waals surface area contributed by atoms with Gasteiger partial charge in [0.15, 0.2) is 0 Å². The predicted octanol–water partition coefficient (Wildman–Crippen LogP) is 1.04. The number of nitrogens with two attached hydrogens (primary N) is 1. The summed E-state index contributed by atoms with van der Waals surface area (Å²) in [6.45, 7) is 4.58. The zero-order valence-electron chi connectivity index (χ0n) is 10.4. The van der Waals surface area contributed by atoms with Gasteiger partial charge < -0.3 is 20.1 Å². The zero-order valence-corrected chi connectivity index (χ0v) is 11.2. The second-order valence-corrected chi connectivity index (χ2v) is 4.28. The van der Waals surface area contributed by atoms with E-state index in [1.165, 1.54) is 0 Å². The Kier molecular flexibility index (Phi) is 11.1. The maximum absolute atomic E-state index is 5.47. The molecule has 0 rings (SSSR count). The maximum atomic E-state index is 5.47. The molecule has 0 aliphatic rings. The van der Waals surface area contributed by atoms with E-state index in [1.54, 1.807) is 14.2 Å². The molecule has 0 amide bonds. The normalized spacial score (nSPS) is 10.9. The fourth-order valence-corrected chi connectivity index (χ4v) is 1.61. The molecule has 0 radical (unpaired) electrons. The molecule has 5 heteroatoms. The summed E-state index contributed by atoms with van der Waals surface area (Å²) in [5.74, 6) is 0. The first kappa shape index (κ1) is 15.8. The lowest BCUT2D eigenvalue weighted by Crippen LogP contribution is -2.30. The summed E-state index contributed by atoms with van der Waals surface area (Å²) in [4.78, 5) is 2.96. The van der Waals surface area contributed by atoms with E-state index >= 15 is 0 Å². The van der Waals surface area contributed by atoms with Crippen LogP contribution in [0.1, 0.15) is 19.3 Å². The molecule has 0 aromatic carbocycles. The molecular weight excluding hydrogens is 224 g/mol. The molecule has 0 heterocycles. The molecule has 0 aliphatic carbocycles. The Morgan fingerprint density at radius 3 is 2.25 bits per heavy atom. The standard InChI is InChI=1S/C11H24N2O2S/c1-14-9-4-7-13(8-10-15-2)6-3-5-11(12)16/h3-10H2,1-2H3,(H2,12,16). The fraction of sp³-hybridized carbons (Fsp3) is 0.909. The van der Waals surface area contributed by atoms with Gasteiger partial charge in [0, 0.05) is 33.9 Å². The van der Waals surface area contributed by atoms with Gasteiger partial charge in [0.25, 0.3) is 0 Å². The lowest BCUT2D eigenvalue weighted by Gasteiger charge is -2.21. The van der Waals surface area contributed by atoms with Crippen molar-refractivity contribution in [2.24, 2.45) is 5.73 Å². The van der Waals surface area contributed by atoms with E-state index in [2.05, 4.69) is 4.90 Å². The van der Waals surface area contributed by atoms with Crippen LogP contribution in [-0.4, -0.2) is 57.0 Å². The smallest absolute Gasteiger partial charge is 0.0727 e. The lowest BCUT2D eigenvalue weighted by atomic mass is 10.2. The number of hydrogen-bond donors (Lipinski definition) is 1. The summed E-state index contributed by atoms with van der Waals surface area (Å²) in [6, 6.07) is 0. The van der Waals surface area contributed by atoms with E-state index in [9.17, 15) is 0 Å². The molecule has 0 aromatic heterocycles. The largest absolute Gasteiger partial charge is 0.393 e. The second-order valence-electron chi connectivity index (χ2n) is 3.75. The van der Waals surface area contributed by atoms with E-state index < -0.39 is 0 Å². The van der Waals surface area contributed by atoms with Gasteiger partial charge in [-0.2, -0.15) is 0 Å². The Morgan fingerprint density at radius 2 is 1.69 bits per heavy atom. The minimum atomic E-state index is 0.601. The van der Waals surface area contributed by atoms with E-state index in [-0.39, 0.29) is 0 Å². The summed E-state index contributed by atoms with van der Waals surface area (Å²) < 4.78 is 10.1. The molecule has 0 saturated carbocycles. The van der Waals surface area contributed by atoms with Crippen LogP contribution in [-0.2, 0) is 9.47 Å². The Labute approximate surface area is 104 Å². The average molecular weight is 248 g/mol. The maximum Gasteiger partial charge on any atom is 0.0727 e. The van der Waals surface area contributed by atoms with Gasteiger partial charge in [-0.15, -0.1) is 0 Å². The summed E-state index contributed by atoms with van der Waals surface area (Å²) in [5, 5.41) is 0. The molecule has 16 heavy (non-hydrogen) atoms. The van der Waals surface area contributed by atoms with Crippen LogP contribution in [0.5, 0.6) is 0 Å². The number of nitrogens with zero attached hydrogens (tertiary/aromatic N) is 1. The molecule has 96 valence electrons. The van der Waals surface area contributed by atoms with Crippen molar-refractivity contribution in [3.63, 3.8) is 0 Å². The van der Waals surface area contributed by atoms with Gasteiger partial charge in [-0.25, -0.2) is 0 Å². The monoisotopic (exact) mass is 248 g/mol. The van der Waals surface area contributed by atoms with Gasteiger partial charge in [0.1, 0.15) is 0 Å². The van der Waals surface area contributed by atoms with Crippen LogP contribution in [0, 0.1) is 0 Å². The molecule has 0 saturated heterocycles. The molecule has 4 nitrogen and oxygen atoms in total. The van der Waals surface area contributed by atoms with Crippen LogP contribution in [0.2, 0.25) is 0 Å². The number of ether oxygens (including phenoxy) is 2. The van der Waals surface area contributed by atoms with E-state index in [4.69, 9.17) is 27.4 Å². The van der Waals surface area contributed by atoms with Gasteiger partial charge in [-0.1, -0.05) is 12.2 Å². The van der Waals surface area contributed by atoms with Crippen LogP contribution in [0.4, 0.5) is 0 Å². The van der Waals surface area contributed by atoms with Crippen molar-refractivity contribution >= 4 is 17.2 Å². The van der Waals surface area contributed by atoms with Crippen molar-refractivity contribution < 1.29 is 9.47 Å². The highest BCUT2D eigenvalue weighted by Gasteiger charge is 2.04. The molecule has 0 atom stereocenters. The SMILES string of the molecule is COCCCN(CCCC(N)=S)CCOC. The predicted molar refractivity (Wildman–Crippen MR) is 70.8 cm³/mol. The van der Waals surface area contributed by atoms with E-state index in [1.807, 2.05) is 0 Å². The van der Waals surface area contributed by atoms with Crippen LogP contribution in [0.25, 0.3) is 0 Å². The highest BCUT2D eigenvalue weighted by molar-refractivity contribution is 7.80. The van der Waals surface area contributed by atoms with Crippen LogP contribution in [0.3, 0.4) is 0 Å². The van der Waals surface area contributed by atoms with Crippen LogP contribution in [0.15, 0.2) is 0 Å². The molecule has 0 unspecified atom stereocenters. The zero-order chi connectivity index (χ0) is 12.2. The van der Waals surface area contributed by atoms with Crippen molar-refractivity contribution in [3.05, 3.63) is 0 Å². The molecule has 0 bridgehead atoms. The number of rotatable bonds is 11. The summed E-state index contributed by atoms with van der Waals surface area (Å²) >= 11 is 4.86. The minimum Gasteiger partial charge on any atom is -0.393 e. The topological polar surface area (TPSA) is 47.7 Å². The first-order chi connectivity index (χ1) is 7.70. The highest BCUT2D eigenvalue weighted by atomic mass is 32.1. The van der Waals surface area contributed by atoms with Crippen molar-refractivity contribution in [3.8, 4) is 0 Å². The Balaban J connectivity index is 3.66. The summed E-state index contributed by atoms with van der Waals surface area (Å²) in [5.41, 5.74) is 5.47. The Bertz CT molecular complexity index is 179. The molecule has 0 aliphatic heterocycles. The third-order valence-electron chi connectivity index (χ3n) is 2.33. The third kappa shape index (κ3) is 10.3. The van der Waals surface area contributed by atoms with Crippen molar-refractivity contribution in [1.29, 1.82) is 0 Å². The van der Waals surface area contributed by atoms with Gasteiger partial charge in [-0.05, 0) is 25.8 Å². The molecule has 0 spiro atoms. The van der Waals surface area contributed by atoms with E-state index in [0.29, 0.717) is 4.99 Å². The third-order valence-corrected chi connectivity index (χ3v) is 2.54. The first-order valence-corrected chi connectivity index (χ1v) is 6.10. The van der Waals surface area contributed by atoms with Crippen molar-refractivity contribution in [1.82, 2.24) is 4.90 Å². The summed E-state index contributed by atoms with van der Waals surface area (Å²) in [6.07, 6.45) is 2.89. The average Bonchev–Trinajstić information content (AvgIpc) is 2.25. The number of methoxy groups -OCH3 is 2. The molecule has 2 N–H and O–H groups in total.